The average Bonchev–Trinajstić information content (AvgIpc) is 2.26. The lowest BCUT2D eigenvalue weighted by molar-refractivity contribution is -0.118. The van der Waals surface area contributed by atoms with Crippen molar-refractivity contribution in [1.29, 1.82) is 0 Å². The van der Waals surface area contributed by atoms with Gasteiger partial charge in [0.2, 0.25) is 5.91 Å². The van der Waals surface area contributed by atoms with Crippen molar-refractivity contribution >= 4 is 11.7 Å². The molecule has 0 aliphatic carbocycles. The van der Waals surface area contributed by atoms with Gasteiger partial charge in [-0.3, -0.25) is 4.79 Å². The van der Waals surface area contributed by atoms with E-state index in [0.717, 1.165) is 17.9 Å². The molecule has 0 saturated heterocycles. The Morgan fingerprint density at radius 1 is 1.57 bits per heavy atom. The number of carbonyl (C=O) groups is 1. The second-order valence-electron chi connectivity index (χ2n) is 3.06. The topological polar surface area (TPSA) is 59.2 Å². The van der Waals surface area contributed by atoms with Crippen molar-refractivity contribution in [2.75, 3.05) is 5.01 Å². The lowest BCUT2D eigenvalue weighted by atomic mass is 10.2. The van der Waals surface area contributed by atoms with Gasteiger partial charge in [-0.1, -0.05) is 19.4 Å². The van der Waals surface area contributed by atoms with Crippen LogP contribution in [0.15, 0.2) is 24.4 Å². The fraction of sp³-hybridized carbons (Fsp3) is 0.400. The van der Waals surface area contributed by atoms with Crippen LogP contribution in [-0.4, -0.2) is 10.9 Å². The highest BCUT2D eigenvalue weighted by Gasteiger charge is 2.10. The molecule has 1 amide bonds. The van der Waals surface area contributed by atoms with Crippen LogP contribution in [0, 0.1) is 0 Å². The number of unbranched alkanes of at least 4 members (excludes halogenated alkanes) is 1. The zero-order valence-electron chi connectivity index (χ0n) is 8.31. The Morgan fingerprint density at radius 2 is 2.36 bits per heavy atom. The monoisotopic (exact) mass is 193 g/mol. The molecule has 0 bridgehead atoms. The van der Waals surface area contributed by atoms with E-state index in [1.807, 2.05) is 6.92 Å². The van der Waals surface area contributed by atoms with Crippen LogP contribution in [0.25, 0.3) is 0 Å². The first-order valence-corrected chi connectivity index (χ1v) is 4.74. The second kappa shape index (κ2) is 5.34. The van der Waals surface area contributed by atoms with Gasteiger partial charge < -0.3 is 0 Å². The molecule has 2 N–H and O–H groups in total. The molecule has 0 fully saturated rings. The maximum Gasteiger partial charge on any atom is 0.242 e. The van der Waals surface area contributed by atoms with Crippen molar-refractivity contribution in [2.45, 2.75) is 26.2 Å². The van der Waals surface area contributed by atoms with Crippen LogP contribution < -0.4 is 10.9 Å². The number of carbonyl (C=O) groups excluding carboxylic acids is 1. The summed E-state index contributed by atoms with van der Waals surface area (Å²) >= 11 is 0. The average molecular weight is 193 g/mol. The number of nitrogens with two attached hydrogens (primary N) is 1. The molecule has 76 valence electrons. The van der Waals surface area contributed by atoms with Gasteiger partial charge in [0.1, 0.15) is 5.82 Å². The van der Waals surface area contributed by atoms with Gasteiger partial charge in [-0.05, 0) is 18.6 Å². The number of rotatable bonds is 4. The highest BCUT2D eigenvalue weighted by atomic mass is 16.2. The van der Waals surface area contributed by atoms with Gasteiger partial charge in [-0.15, -0.1) is 0 Å². The van der Waals surface area contributed by atoms with E-state index in [1.54, 1.807) is 24.4 Å². The Hall–Kier alpha value is -1.42. The summed E-state index contributed by atoms with van der Waals surface area (Å²) in [7, 11) is 0. The van der Waals surface area contributed by atoms with E-state index in [2.05, 4.69) is 4.98 Å². The number of hydrogen-bond acceptors (Lipinski definition) is 3. The Kier molecular flexibility index (Phi) is 4.07. The maximum atomic E-state index is 11.5. The van der Waals surface area contributed by atoms with E-state index in [1.165, 1.54) is 0 Å². The van der Waals surface area contributed by atoms with Crippen LogP contribution in [-0.2, 0) is 4.79 Å². The molecule has 1 heterocycles. The molecule has 14 heavy (non-hydrogen) atoms. The van der Waals surface area contributed by atoms with Gasteiger partial charge in [-0.25, -0.2) is 15.8 Å². The molecule has 1 rings (SSSR count). The van der Waals surface area contributed by atoms with Crippen molar-refractivity contribution in [3.8, 4) is 0 Å². The lowest BCUT2D eigenvalue weighted by Gasteiger charge is -2.14. The Bertz CT molecular complexity index is 287. The number of aromatic nitrogens is 1. The van der Waals surface area contributed by atoms with Crippen LogP contribution in [0.4, 0.5) is 5.82 Å². The molecule has 0 aliphatic heterocycles. The number of pyridine rings is 1. The number of hydrogen-bond donors (Lipinski definition) is 1. The first-order valence-electron chi connectivity index (χ1n) is 4.74. The van der Waals surface area contributed by atoms with Crippen molar-refractivity contribution in [2.24, 2.45) is 5.84 Å². The fourth-order valence-corrected chi connectivity index (χ4v) is 1.07. The van der Waals surface area contributed by atoms with E-state index in [0.29, 0.717) is 12.2 Å². The zero-order valence-corrected chi connectivity index (χ0v) is 8.31. The molecular weight excluding hydrogens is 178 g/mol. The van der Waals surface area contributed by atoms with E-state index in [9.17, 15) is 4.79 Å². The summed E-state index contributed by atoms with van der Waals surface area (Å²) in [4.78, 5) is 15.5. The molecule has 0 aliphatic rings. The second-order valence-corrected chi connectivity index (χ2v) is 3.06. The molecule has 0 saturated carbocycles. The van der Waals surface area contributed by atoms with E-state index >= 15 is 0 Å². The quantitative estimate of drug-likeness (QED) is 0.447. The van der Waals surface area contributed by atoms with Crippen LogP contribution in [0.1, 0.15) is 26.2 Å². The minimum absolute atomic E-state index is 0.0921. The molecule has 4 nitrogen and oxygen atoms in total. The SMILES string of the molecule is CCCCC(=O)N(N)c1ccccn1. The Labute approximate surface area is 83.7 Å². The molecule has 0 unspecified atom stereocenters. The summed E-state index contributed by atoms with van der Waals surface area (Å²) in [6, 6.07) is 5.30. The van der Waals surface area contributed by atoms with Crippen LogP contribution in [0.5, 0.6) is 0 Å². The van der Waals surface area contributed by atoms with Crippen LogP contribution in [0.2, 0.25) is 0 Å². The first kappa shape index (κ1) is 10.7. The number of anilines is 1. The van der Waals surface area contributed by atoms with Crippen molar-refractivity contribution in [1.82, 2.24) is 4.98 Å². The molecule has 1 aromatic heterocycles. The first-order chi connectivity index (χ1) is 6.75. The summed E-state index contributed by atoms with van der Waals surface area (Å²) in [6.07, 6.45) is 3.94. The van der Waals surface area contributed by atoms with Gasteiger partial charge in [0.15, 0.2) is 0 Å². The zero-order chi connectivity index (χ0) is 10.4. The van der Waals surface area contributed by atoms with Crippen molar-refractivity contribution in [3.05, 3.63) is 24.4 Å². The predicted molar refractivity (Wildman–Crippen MR) is 55.4 cm³/mol. The minimum Gasteiger partial charge on any atom is -0.273 e. The molecule has 0 radical (unpaired) electrons. The highest BCUT2D eigenvalue weighted by molar-refractivity contribution is 5.91. The normalized spacial score (nSPS) is 9.86. The Balaban J connectivity index is 2.57. The standard InChI is InChI=1S/C10H15N3O/c1-2-3-7-10(14)13(11)9-6-4-5-8-12-9/h4-6,8H,2-3,7,11H2,1H3. The third kappa shape index (κ3) is 2.81. The number of nitrogens with zero attached hydrogens (tertiary/aromatic N) is 2. The minimum atomic E-state index is -0.0921. The van der Waals surface area contributed by atoms with E-state index in [-0.39, 0.29) is 5.91 Å². The number of amides is 1. The summed E-state index contributed by atoms with van der Waals surface area (Å²) in [6.45, 7) is 2.04. The van der Waals surface area contributed by atoms with Gasteiger partial charge in [0.25, 0.3) is 0 Å². The third-order valence-corrected chi connectivity index (χ3v) is 1.91. The molecule has 1 aromatic rings. The van der Waals surface area contributed by atoms with E-state index in [4.69, 9.17) is 5.84 Å². The highest BCUT2D eigenvalue weighted by Crippen LogP contribution is 2.07. The lowest BCUT2D eigenvalue weighted by Crippen LogP contribution is -2.37. The molecule has 0 aromatic carbocycles. The van der Waals surface area contributed by atoms with Gasteiger partial charge in [0.05, 0.1) is 0 Å². The van der Waals surface area contributed by atoms with Crippen molar-refractivity contribution < 1.29 is 4.79 Å². The molecule has 0 atom stereocenters. The summed E-state index contributed by atoms with van der Waals surface area (Å²) in [5.41, 5.74) is 0. The fourth-order valence-electron chi connectivity index (χ4n) is 1.07. The smallest absolute Gasteiger partial charge is 0.242 e. The van der Waals surface area contributed by atoms with Gasteiger partial charge in [-0.2, -0.15) is 0 Å². The van der Waals surface area contributed by atoms with Gasteiger partial charge >= 0.3 is 0 Å². The summed E-state index contributed by atoms with van der Waals surface area (Å²) < 4.78 is 0. The largest absolute Gasteiger partial charge is 0.273 e. The van der Waals surface area contributed by atoms with Crippen LogP contribution >= 0.6 is 0 Å². The summed E-state index contributed by atoms with van der Waals surface area (Å²) in [5.74, 6) is 6.00. The summed E-state index contributed by atoms with van der Waals surface area (Å²) in [5, 5.41) is 1.11. The van der Waals surface area contributed by atoms with Gasteiger partial charge in [0, 0.05) is 12.6 Å². The van der Waals surface area contributed by atoms with E-state index < -0.39 is 0 Å². The molecule has 0 spiro atoms. The Morgan fingerprint density at radius 3 is 2.93 bits per heavy atom. The van der Waals surface area contributed by atoms with Crippen molar-refractivity contribution in [3.63, 3.8) is 0 Å². The van der Waals surface area contributed by atoms with Crippen LogP contribution in [0.3, 0.4) is 0 Å². The molecular formula is C10H15N3O. The molecule has 4 heteroatoms. The maximum absolute atomic E-state index is 11.5. The predicted octanol–water partition coefficient (Wildman–Crippen LogP) is 1.48. The number of hydrazine groups is 1. The third-order valence-electron chi connectivity index (χ3n) is 1.91.